The second kappa shape index (κ2) is 9.03. The lowest BCUT2D eigenvalue weighted by molar-refractivity contribution is 0.424. The van der Waals surface area contributed by atoms with Crippen LogP contribution in [0.3, 0.4) is 0 Å². The molecule has 0 bridgehead atoms. The monoisotopic (exact) mass is 394 g/mol. The third-order valence-electron chi connectivity index (χ3n) is 4.35. The normalized spacial score (nSPS) is 10.8. The van der Waals surface area contributed by atoms with Crippen LogP contribution in [0.5, 0.6) is 0 Å². The zero-order valence-corrected chi connectivity index (χ0v) is 15.7. The van der Waals surface area contributed by atoms with Gasteiger partial charge in [-0.15, -0.1) is 0 Å². The Kier molecular flexibility index (Phi) is 6.70. The number of rotatable bonds is 6. The molecular weight excluding hydrogens is 376 g/mol. The zero-order valence-electron chi connectivity index (χ0n) is 14.8. The molecular formula is C18H18B3O6P. The van der Waals surface area contributed by atoms with Gasteiger partial charge in [0.05, 0.1) is 0 Å². The maximum Gasteiger partial charge on any atom is 0.488 e. The van der Waals surface area contributed by atoms with Crippen molar-refractivity contribution in [1.82, 2.24) is 0 Å². The standard InChI is InChI=1S/C18H18B3O6P/c22-19(23)13-1-7-16(8-2-13)28(17-9-3-14(4-10-17)20(24)25)18-11-5-15(6-12-18)21(26)27/h1-12,22-27H. The number of benzene rings is 3. The fraction of sp³-hybridized carbons (Fsp3) is 0. The van der Waals surface area contributed by atoms with Crippen LogP contribution in [0.4, 0.5) is 0 Å². The molecule has 3 aromatic carbocycles. The van der Waals surface area contributed by atoms with Crippen molar-refractivity contribution in [3.8, 4) is 0 Å². The van der Waals surface area contributed by atoms with E-state index < -0.39 is 29.3 Å². The second-order valence-corrected chi connectivity index (χ2v) is 8.45. The predicted molar refractivity (Wildman–Crippen MR) is 115 cm³/mol. The molecule has 28 heavy (non-hydrogen) atoms. The van der Waals surface area contributed by atoms with Gasteiger partial charge in [-0.3, -0.25) is 0 Å². The van der Waals surface area contributed by atoms with Gasteiger partial charge in [0, 0.05) is 0 Å². The maximum absolute atomic E-state index is 9.32. The van der Waals surface area contributed by atoms with E-state index in [-0.39, 0.29) is 0 Å². The number of hydrogen-bond acceptors (Lipinski definition) is 6. The lowest BCUT2D eigenvalue weighted by Gasteiger charge is -2.20. The highest BCUT2D eigenvalue weighted by molar-refractivity contribution is 7.79. The summed E-state index contributed by atoms with van der Waals surface area (Å²) in [6.07, 6.45) is 0. The zero-order chi connectivity index (χ0) is 20.3. The Labute approximate surface area is 164 Å². The van der Waals surface area contributed by atoms with Gasteiger partial charge in [0.1, 0.15) is 0 Å². The lowest BCUT2D eigenvalue weighted by atomic mass is 9.80. The molecule has 0 amide bonds. The smallest absolute Gasteiger partial charge is 0.423 e. The Morgan fingerprint density at radius 3 is 0.786 bits per heavy atom. The first-order valence-corrected chi connectivity index (χ1v) is 9.89. The van der Waals surface area contributed by atoms with Gasteiger partial charge in [0.25, 0.3) is 0 Å². The highest BCUT2D eigenvalue weighted by Crippen LogP contribution is 2.31. The van der Waals surface area contributed by atoms with Crippen LogP contribution in [0, 0.1) is 0 Å². The quantitative estimate of drug-likeness (QED) is 0.191. The van der Waals surface area contributed by atoms with E-state index in [2.05, 4.69) is 0 Å². The van der Waals surface area contributed by atoms with Gasteiger partial charge in [-0.25, -0.2) is 0 Å². The SMILES string of the molecule is OB(O)c1ccc(P(c2ccc(B(O)O)cc2)c2ccc(B(O)O)cc2)cc1. The minimum absolute atomic E-state index is 0.385. The molecule has 10 heteroatoms. The Balaban J connectivity index is 2.04. The van der Waals surface area contributed by atoms with Gasteiger partial charge >= 0.3 is 21.4 Å². The van der Waals surface area contributed by atoms with Crippen molar-refractivity contribution < 1.29 is 30.1 Å². The van der Waals surface area contributed by atoms with Crippen LogP contribution in [0.1, 0.15) is 0 Å². The third-order valence-corrected chi connectivity index (χ3v) is 6.79. The molecule has 0 aliphatic carbocycles. The van der Waals surface area contributed by atoms with E-state index in [0.717, 1.165) is 15.9 Å². The van der Waals surface area contributed by atoms with Gasteiger partial charge < -0.3 is 30.1 Å². The Morgan fingerprint density at radius 2 is 0.607 bits per heavy atom. The van der Waals surface area contributed by atoms with Gasteiger partial charge in [0.15, 0.2) is 0 Å². The summed E-state index contributed by atoms with van der Waals surface area (Å²) in [6.45, 7) is 0. The molecule has 3 aromatic rings. The fourth-order valence-corrected chi connectivity index (χ4v) is 5.07. The Bertz CT molecular complexity index is 780. The van der Waals surface area contributed by atoms with E-state index in [0.29, 0.717) is 16.4 Å². The number of hydrogen-bond donors (Lipinski definition) is 6. The van der Waals surface area contributed by atoms with E-state index in [1.54, 1.807) is 36.4 Å². The summed E-state index contributed by atoms with van der Waals surface area (Å²) < 4.78 is 0. The van der Waals surface area contributed by atoms with E-state index in [4.69, 9.17) is 0 Å². The average molecular weight is 394 g/mol. The summed E-state index contributed by atoms with van der Waals surface area (Å²) in [5.74, 6) is 0. The first-order chi connectivity index (χ1) is 13.4. The fourth-order valence-electron chi connectivity index (χ4n) is 2.83. The third kappa shape index (κ3) is 4.71. The van der Waals surface area contributed by atoms with Crippen molar-refractivity contribution in [3.05, 3.63) is 72.8 Å². The van der Waals surface area contributed by atoms with E-state index in [9.17, 15) is 30.1 Å². The van der Waals surface area contributed by atoms with E-state index in [1.165, 1.54) is 0 Å². The lowest BCUT2D eigenvalue weighted by Crippen LogP contribution is -2.33. The molecule has 0 unspecified atom stereocenters. The van der Waals surface area contributed by atoms with Crippen LogP contribution >= 0.6 is 7.92 Å². The van der Waals surface area contributed by atoms with Gasteiger partial charge in [-0.1, -0.05) is 72.8 Å². The van der Waals surface area contributed by atoms with E-state index in [1.807, 2.05) is 36.4 Å². The molecule has 0 saturated carbocycles. The molecule has 0 aliphatic heterocycles. The van der Waals surface area contributed by atoms with Crippen molar-refractivity contribution in [2.45, 2.75) is 0 Å². The van der Waals surface area contributed by atoms with Gasteiger partial charge in [-0.05, 0) is 40.2 Å². The second-order valence-electron chi connectivity index (χ2n) is 6.23. The van der Waals surface area contributed by atoms with Crippen LogP contribution < -0.4 is 32.3 Å². The van der Waals surface area contributed by atoms with Crippen molar-refractivity contribution in [2.75, 3.05) is 0 Å². The van der Waals surface area contributed by atoms with Gasteiger partial charge in [0.2, 0.25) is 0 Å². The minimum Gasteiger partial charge on any atom is -0.423 e. The first-order valence-electron chi connectivity index (χ1n) is 8.55. The average Bonchev–Trinajstić information content (AvgIpc) is 2.69. The molecule has 3 rings (SSSR count). The van der Waals surface area contributed by atoms with Crippen molar-refractivity contribution in [3.63, 3.8) is 0 Å². The molecule has 0 aliphatic rings. The predicted octanol–water partition coefficient (Wildman–Crippen LogP) is -3.52. The molecule has 0 aromatic heterocycles. The Hall–Kier alpha value is -1.96. The van der Waals surface area contributed by atoms with Crippen molar-refractivity contribution in [2.24, 2.45) is 0 Å². The molecule has 0 spiro atoms. The topological polar surface area (TPSA) is 121 Å². The summed E-state index contributed by atoms with van der Waals surface area (Å²) in [6, 6.07) is 20.8. The van der Waals surface area contributed by atoms with E-state index >= 15 is 0 Å². The molecule has 6 N–H and O–H groups in total. The van der Waals surface area contributed by atoms with Crippen LogP contribution in [0.15, 0.2) is 72.8 Å². The molecule has 0 fully saturated rings. The molecule has 0 atom stereocenters. The molecule has 6 nitrogen and oxygen atoms in total. The minimum atomic E-state index is -1.55. The Morgan fingerprint density at radius 1 is 0.393 bits per heavy atom. The summed E-state index contributed by atoms with van der Waals surface area (Å²) in [4.78, 5) is 0. The molecule has 0 saturated heterocycles. The van der Waals surface area contributed by atoms with Gasteiger partial charge in [-0.2, -0.15) is 0 Å². The summed E-state index contributed by atoms with van der Waals surface area (Å²) in [7, 11) is -5.67. The first kappa shape index (κ1) is 20.8. The summed E-state index contributed by atoms with van der Waals surface area (Å²) in [5, 5.41) is 58.8. The molecule has 0 radical (unpaired) electrons. The van der Waals surface area contributed by atoms with Crippen molar-refractivity contribution in [1.29, 1.82) is 0 Å². The maximum atomic E-state index is 9.32. The van der Waals surface area contributed by atoms with Crippen molar-refractivity contribution >= 4 is 61.6 Å². The summed E-state index contributed by atoms with van der Waals surface area (Å²) >= 11 is 0. The largest absolute Gasteiger partial charge is 0.488 e. The highest BCUT2D eigenvalue weighted by Gasteiger charge is 2.20. The molecule has 0 heterocycles. The van der Waals surface area contributed by atoms with Crippen LogP contribution in [0.25, 0.3) is 0 Å². The molecule has 140 valence electrons. The van der Waals surface area contributed by atoms with Crippen LogP contribution in [-0.4, -0.2) is 51.5 Å². The summed E-state index contributed by atoms with van der Waals surface area (Å²) in [5.41, 5.74) is 1.16. The van der Waals surface area contributed by atoms with Crippen LogP contribution in [0.2, 0.25) is 0 Å². The van der Waals surface area contributed by atoms with Crippen LogP contribution in [-0.2, 0) is 0 Å². The highest BCUT2D eigenvalue weighted by atomic mass is 31.1.